The third-order valence-corrected chi connectivity index (χ3v) is 3.58. The first-order chi connectivity index (χ1) is 8.59. The third-order valence-electron chi connectivity index (χ3n) is 3.58. The molecule has 2 N–H and O–H groups in total. The molecule has 3 atom stereocenters. The Labute approximate surface area is 119 Å². The second-order valence-electron chi connectivity index (χ2n) is 4.97. The number of nitrogens with zero attached hydrogens (tertiary/aromatic N) is 1. The Morgan fingerprint density at radius 3 is 2.95 bits per heavy atom. The molecule has 2 heterocycles. The van der Waals surface area contributed by atoms with Crippen LogP contribution >= 0.6 is 12.4 Å². The molecule has 7 heteroatoms. The van der Waals surface area contributed by atoms with Crippen molar-refractivity contribution in [3.63, 3.8) is 0 Å². The Balaban J connectivity index is 0.00000180. The highest BCUT2D eigenvalue weighted by Gasteiger charge is 2.33. The summed E-state index contributed by atoms with van der Waals surface area (Å²) in [5.74, 6) is -0.144. The smallest absolute Gasteiger partial charge is 0.244 e. The van der Waals surface area contributed by atoms with E-state index in [1.165, 1.54) is 0 Å². The van der Waals surface area contributed by atoms with Crippen LogP contribution < -0.4 is 10.6 Å². The van der Waals surface area contributed by atoms with Gasteiger partial charge in [0.05, 0.1) is 12.7 Å². The molecule has 2 rings (SSSR count). The molecular formula is C12H22ClN3O3. The van der Waals surface area contributed by atoms with Gasteiger partial charge in [0.15, 0.2) is 0 Å². The van der Waals surface area contributed by atoms with Crippen molar-refractivity contribution in [1.82, 2.24) is 15.5 Å². The van der Waals surface area contributed by atoms with E-state index >= 15 is 0 Å². The van der Waals surface area contributed by atoms with Crippen molar-refractivity contribution in [2.24, 2.45) is 0 Å². The fraction of sp³-hybridized carbons (Fsp3) is 0.833. The van der Waals surface area contributed by atoms with E-state index in [0.29, 0.717) is 13.2 Å². The zero-order valence-electron chi connectivity index (χ0n) is 11.3. The molecule has 110 valence electrons. The monoisotopic (exact) mass is 291 g/mol. The number of amides is 2. The number of morpholine rings is 1. The summed E-state index contributed by atoms with van der Waals surface area (Å²) in [6.45, 7) is 3.93. The van der Waals surface area contributed by atoms with Gasteiger partial charge < -0.3 is 20.3 Å². The lowest BCUT2D eigenvalue weighted by Crippen LogP contribution is -2.59. The third kappa shape index (κ3) is 3.81. The molecule has 0 aromatic heterocycles. The van der Waals surface area contributed by atoms with Crippen LogP contribution in [0.25, 0.3) is 0 Å². The zero-order chi connectivity index (χ0) is 13.1. The Bertz CT molecular complexity index is 340. The van der Waals surface area contributed by atoms with Crippen molar-refractivity contribution in [3.05, 3.63) is 0 Å². The number of rotatable bonds is 2. The van der Waals surface area contributed by atoms with Crippen LogP contribution in [0.15, 0.2) is 0 Å². The molecule has 6 nitrogen and oxygen atoms in total. The molecule has 19 heavy (non-hydrogen) atoms. The minimum absolute atomic E-state index is 0. The summed E-state index contributed by atoms with van der Waals surface area (Å²) in [6.07, 6.45) is 1.49. The van der Waals surface area contributed by atoms with E-state index in [2.05, 4.69) is 10.6 Å². The van der Waals surface area contributed by atoms with Crippen molar-refractivity contribution in [2.75, 3.05) is 26.7 Å². The van der Waals surface area contributed by atoms with Crippen molar-refractivity contribution < 1.29 is 14.3 Å². The van der Waals surface area contributed by atoms with Crippen molar-refractivity contribution >= 4 is 24.2 Å². The Kier molecular flexibility index (Phi) is 6.03. The quantitative estimate of drug-likeness (QED) is 0.721. The van der Waals surface area contributed by atoms with E-state index in [1.807, 2.05) is 6.92 Å². The van der Waals surface area contributed by atoms with Crippen molar-refractivity contribution in [3.8, 4) is 0 Å². The van der Waals surface area contributed by atoms with E-state index < -0.39 is 0 Å². The van der Waals surface area contributed by atoms with Crippen LogP contribution in [0.3, 0.4) is 0 Å². The van der Waals surface area contributed by atoms with E-state index in [4.69, 9.17) is 4.74 Å². The number of likely N-dealkylation sites (tertiary alicyclic amines) is 1. The molecule has 0 spiro atoms. The molecular weight excluding hydrogens is 270 g/mol. The van der Waals surface area contributed by atoms with Crippen LogP contribution in [0.1, 0.15) is 19.8 Å². The summed E-state index contributed by atoms with van der Waals surface area (Å²) in [5, 5.41) is 5.95. The van der Waals surface area contributed by atoms with E-state index in [-0.39, 0.29) is 42.4 Å². The van der Waals surface area contributed by atoms with Crippen LogP contribution in [-0.4, -0.2) is 61.6 Å². The molecule has 2 fully saturated rings. The molecule has 0 aromatic carbocycles. The van der Waals surface area contributed by atoms with Crippen LogP contribution in [0.5, 0.6) is 0 Å². The van der Waals surface area contributed by atoms with Gasteiger partial charge >= 0.3 is 0 Å². The standard InChI is InChI=1S/C12H21N3O3.ClH/c1-8-10(13-5-7-18-8)11(16)14-9-4-3-6-15(2)12(9)17;/h8-10,13H,3-7H2,1-2H3,(H,14,16);1H/t8-,9?,10+;/m1./s1. The first kappa shape index (κ1) is 16.2. The molecule has 0 aromatic rings. The molecule has 2 aliphatic heterocycles. The summed E-state index contributed by atoms with van der Waals surface area (Å²) >= 11 is 0. The number of ether oxygens (including phenoxy) is 1. The lowest BCUT2D eigenvalue weighted by molar-refractivity contribution is -0.139. The van der Waals surface area contributed by atoms with Crippen molar-refractivity contribution in [1.29, 1.82) is 0 Å². The number of halogens is 1. The first-order valence-corrected chi connectivity index (χ1v) is 6.50. The second-order valence-corrected chi connectivity index (χ2v) is 4.97. The number of carbonyl (C=O) groups excluding carboxylic acids is 2. The normalized spacial score (nSPS) is 31.6. The van der Waals surface area contributed by atoms with Gasteiger partial charge in [-0.1, -0.05) is 0 Å². The molecule has 2 amide bonds. The molecule has 0 aliphatic carbocycles. The van der Waals surface area contributed by atoms with Gasteiger partial charge in [0.2, 0.25) is 11.8 Å². The number of hydrogen-bond donors (Lipinski definition) is 2. The predicted octanol–water partition coefficient (Wildman–Crippen LogP) is -0.478. The highest BCUT2D eigenvalue weighted by molar-refractivity contribution is 5.90. The van der Waals surface area contributed by atoms with Gasteiger partial charge in [0, 0.05) is 20.1 Å². The van der Waals surface area contributed by atoms with Crippen LogP contribution in [0.4, 0.5) is 0 Å². The van der Waals surface area contributed by atoms with Gasteiger partial charge in [-0.3, -0.25) is 9.59 Å². The number of hydrogen-bond acceptors (Lipinski definition) is 4. The second kappa shape index (κ2) is 7.07. The zero-order valence-corrected chi connectivity index (χ0v) is 12.2. The van der Waals surface area contributed by atoms with Gasteiger partial charge in [0.1, 0.15) is 12.1 Å². The van der Waals surface area contributed by atoms with E-state index in [1.54, 1.807) is 11.9 Å². The maximum Gasteiger partial charge on any atom is 0.244 e. The molecule has 1 unspecified atom stereocenters. The highest BCUT2D eigenvalue weighted by Crippen LogP contribution is 2.11. The topological polar surface area (TPSA) is 70.7 Å². The minimum atomic E-state index is -0.382. The Morgan fingerprint density at radius 2 is 2.26 bits per heavy atom. The van der Waals surface area contributed by atoms with Crippen LogP contribution in [0, 0.1) is 0 Å². The maximum absolute atomic E-state index is 12.1. The van der Waals surface area contributed by atoms with E-state index in [9.17, 15) is 9.59 Å². The molecule has 0 saturated carbocycles. The van der Waals surface area contributed by atoms with E-state index in [0.717, 1.165) is 19.4 Å². The lowest BCUT2D eigenvalue weighted by Gasteiger charge is -2.33. The SMILES string of the molecule is C[C@H]1OCCN[C@@H]1C(=O)NC1CCCN(C)C1=O.Cl. The minimum Gasteiger partial charge on any atom is -0.375 e. The summed E-state index contributed by atoms with van der Waals surface area (Å²) in [5.41, 5.74) is 0. The Hall–Kier alpha value is -0.850. The summed E-state index contributed by atoms with van der Waals surface area (Å²) in [6, 6.07) is -0.744. The molecule has 2 aliphatic rings. The summed E-state index contributed by atoms with van der Waals surface area (Å²) in [7, 11) is 1.77. The van der Waals surface area contributed by atoms with Gasteiger partial charge in [-0.15, -0.1) is 12.4 Å². The van der Waals surface area contributed by atoms with Gasteiger partial charge in [-0.25, -0.2) is 0 Å². The maximum atomic E-state index is 12.1. The number of piperidine rings is 1. The Morgan fingerprint density at radius 1 is 1.53 bits per heavy atom. The highest BCUT2D eigenvalue weighted by atomic mass is 35.5. The van der Waals surface area contributed by atoms with Gasteiger partial charge in [0.25, 0.3) is 0 Å². The summed E-state index contributed by atoms with van der Waals surface area (Å²) in [4.78, 5) is 25.7. The first-order valence-electron chi connectivity index (χ1n) is 6.50. The summed E-state index contributed by atoms with van der Waals surface area (Å²) < 4.78 is 5.43. The molecule has 2 saturated heterocycles. The lowest BCUT2D eigenvalue weighted by atomic mass is 10.0. The largest absolute Gasteiger partial charge is 0.375 e. The van der Waals surface area contributed by atoms with Gasteiger partial charge in [-0.2, -0.15) is 0 Å². The number of nitrogens with one attached hydrogen (secondary N) is 2. The van der Waals surface area contributed by atoms with Crippen molar-refractivity contribution in [2.45, 2.75) is 38.0 Å². The average molecular weight is 292 g/mol. The van der Waals surface area contributed by atoms with Gasteiger partial charge in [-0.05, 0) is 19.8 Å². The molecule has 0 radical (unpaired) electrons. The fourth-order valence-corrected chi connectivity index (χ4v) is 2.45. The molecule has 0 bridgehead atoms. The van der Waals surface area contributed by atoms with Crippen LogP contribution in [0.2, 0.25) is 0 Å². The predicted molar refractivity (Wildman–Crippen MR) is 73.3 cm³/mol. The number of carbonyl (C=O) groups is 2. The van der Waals surface area contributed by atoms with Crippen LogP contribution in [-0.2, 0) is 14.3 Å². The average Bonchev–Trinajstić information content (AvgIpc) is 2.35. The number of likely N-dealkylation sites (N-methyl/N-ethyl adjacent to an activating group) is 1. The fourth-order valence-electron chi connectivity index (χ4n) is 2.45.